The molecule has 1 heterocycles. The number of rotatable bonds is 4. The number of anilines is 1. The van der Waals surface area contributed by atoms with E-state index in [1.165, 1.54) is 0 Å². The zero-order chi connectivity index (χ0) is 13.8. The molecule has 0 saturated heterocycles. The van der Waals surface area contributed by atoms with Crippen LogP contribution in [-0.2, 0) is 6.61 Å². The van der Waals surface area contributed by atoms with Gasteiger partial charge in [0, 0.05) is 23.8 Å². The molecule has 0 saturated carbocycles. The first-order chi connectivity index (χ1) is 9.81. The van der Waals surface area contributed by atoms with Crippen LogP contribution < -0.4 is 10.5 Å². The van der Waals surface area contributed by atoms with Gasteiger partial charge in [-0.05, 0) is 42.0 Å². The van der Waals surface area contributed by atoms with Gasteiger partial charge in [-0.3, -0.25) is 0 Å². The third kappa shape index (κ3) is 2.80. The summed E-state index contributed by atoms with van der Waals surface area (Å²) in [6, 6.07) is 15.6. The van der Waals surface area contributed by atoms with Crippen molar-refractivity contribution in [3.8, 4) is 11.4 Å². The van der Waals surface area contributed by atoms with Crippen molar-refractivity contribution in [3.05, 3.63) is 72.8 Å². The van der Waals surface area contributed by atoms with Crippen molar-refractivity contribution >= 4 is 5.69 Å². The summed E-state index contributed by atoms with van der Waals surface area (Å²) in [6.45, 7) is 0.536. The van der Waals surface area contributed by atoms with E-state index in [4.69, 9.17) is 10.5 Å². The molecule has 1 aromatic heterocycles. The molecule has 0 aliphatic carbocycles. The highest BCUT2D eigenvalue weighted by atomic mass is 16.5. The minimum absolute atomic E-state index is 0.536. The maximum absolute atomic E-state index is 5.70. The summed E-state index contributed by atoms with van der Waals surface area (Å²) in [5, 5.41) is 0. The van der Waals surface area contributed by atoms with Crippen LogP contribution in [0.25, 0.3) is 5.69 Å². The molecule has 0 radical (unpaired) electrons. The molecule has 0 amide bonds. The van der Waals surface area contributed by atoms with E-state index in [-0.39, 0.29) is 0 Å². The Balaban J connectivity index is 1.65. The molecule has 4 nitrogen and oxygen atoms in total. The molecule has 0 aliphatic rings. The van der Waals surface area contributed by atoms with E-state index in [1.807, 2.05) is 59.3 Å². The second-order valence-electron chi connectivity index (χ2n) is 4.49. The topological polar surface area (TPSA) is 53.1 Å². The molecule has 2 aromatic carbocycles. The van der Waals surface area contributed by atoms with Crippen LogP contribution in [0.4, 0.5) is 5.69 Å². The van der Waals surface area contributed by atoms with Gasteiger partial charge in [-0.2, -0.15) is 0 Å². The lowest BCUT2D eigenvalue weighted by Crippen LogP contribution is -1.97. The van der Waals surface area contributed by atoms with E-state index < -0.39 is 0 Å². The molecule has 100 valence electrons. The van der Waals surface area contributed by atoms with Crippen LogP contribution in [0.3, 0.4) is 0 Å². The van der Waals surface area contributed by atoms with Gasteiger partial charge in [0.25, 0.3) is 0 Å². The summed E-state index contributed by atoms with van der Waals surface area (Å²) >= 11 is 0. The van der Waals surface area contributed by atoms with Gasteiger partial charge in [-0.1, -0.05) is 12.1 Å². The summed E-state index contributed by atoms with van der Waals surface area (Å²) in [7, 11) is 0. The lowest BCUT2D eigenvalue weighted by atomic mass is 10.2. The van der Waals surface area contributed by atoms with E-state index in [1.54, 1.807) is 12.5 Å². The number of ether oxygens (including phenoxy) is 1. The van der Waals surface area contributed by atoms with Crippen molar-refractivity contribution in [2.75, 3.05) is 5.73 Å². The van der Waals surface area contributed by atoms with Crippen LogP contribution in [0.5, 0.6) is 5.75 Å². The highest BCUT2D eigenvalue weighted by Gasteiger charge is 1.98. The van der Waals surface area contributed by atoms with E-state index in [0.29, 0.717) is 6.61 Å². The van der Waals surface area contributed by atoms with E-state index in [2.05, 4.69) is 4.98 Å². The second kappa shape index (κ2) is 5.48. The van der Waals surface area contributed by atoms with Crippen molar-refractivity contribution < 1.29 is 4.74 Å². The minimum Gasteiger partial charge on any atom is -0.489 e. The largest absolute Gasteiger partial charge is 0.489 e. The molecule has 3 rings (SSSR count). The molecule has 3 aromatic rings. The Labute approximate surface area is 117 Å². The third-order valence-electron chi connectivity index (χ3n) is 3.02. The Bertz CT molecular complexity index is 658. The van der Waals surface area contributed by atoms with Gasteiger partial charge in [-0.15, -0.1) is 0 Å². The van der Waals surface area contributed by atoms with Crippen LogP contribution in [0.1, 0.15) is 5.56 Å². The van der Waals surface area contributed by atoms with Crippen LogP contribution in [0.2, 0.25) is 0 Å². The van der Waals surface area contributed by atoms with Crippen molar-refractivity contribution in [1.82, 2.24) is 9.55 Å². The summed E-state index contributed by atoms with van der Waals surface area (Å²) in [5.41, 5.74) is 8.57. The minimum atomic E-state index is 0.536. The number of hydrogen-bond donors (Lipinski definition) is 1. The highest BCUT2D eigenvalue weighted by molar-refractivity contribution is 5.41. The van der Waals surface area contributed by atoms with Gasteiger partial charge < -0.3 is 15.0 Å². The average molecular weight is 265 g/mol. The first-order valence-corrected chi connectivity index (χ1v) is 6.37. The van der Waals surface area contributed by atoms with Crippen molar-refractivity contribution in [3.63, 3.8) is 0 Å². The summed E-state index contributed by atoms with van der Waals surface area (Å²) < 4.78 is 7.67. The molecule has 0 aliphatic heterocycles. The van der Waals surface area contributed by atoms with E-state index >= 15 is 0 Å². The quantitative estimate of drug-likeness (QED) is 0.738. The van der Waals surface area contributed by atoms with Crippen LogP contribution in [-0.4, -0.2) is 9.55 Å². The lowest BCUT2D eigenvalue weighted by Gasteiger charge is -2.08. The SMILES string of the molecule is Nc1ccc(OCc2ccc(-n3ccnc3)cc2)cc1. The van der Waals surface area contributed by atoms with Crippen LogP contribution in [0.15, 0.2) is 67.3 Å². The van der Waals surface area contributed by atoms with Crippen molar-refractivity contribution in [2.24, 2.45) is 0 Å². The predicted octanol–water partition coefficient (Wildman–Crippen LogP) is 3.03. The number of aromatic nitrogens is 2. The monoisotopic (exact) mass is 265 g/mol. The number of hydrogen-bond acceptors (Lipinski definition) is 3. The molecule has 0 spiro atoms. The normalized spacial score (nSPS) is 10.4. The molecule has 2 N–H and O–H groups in total. The first kappa shape index (κ1) is 12.3. The van der Waals surface area contributed by atoms with Gasteiger partial charge in [0.05, 0.1) is 6.33 Å². The van der Waals surface area contributed by atoms with Gasteiger partial charge in [0.2, 0.25) is 0 Å². The van der Waals surface area contributed by atoms with Crippen LogP contribution >= 0.6 is 0 Å². The molecular formula is C16H15N3O. The Hall–Kier alpha value is -2.75. The van der Waals surface area contributed by atoms with E-state index in [0.717, 1.165) is 22.7 Å². The standard InChI is InChI=1S/C16H15N3O/c17-14-3-7-16(8-4-14)20-11-13-1-5-15(6-2-13)19-10-9-18-12-19/h1-10,12H,11,17H2. The van der Waals surface area contributed by atoms with Crippen LogP contribution in [0, 0.1) is 0 Å². The Morgan fingerprint density at radius 2 is 1.75 bits per heavy atom. The van der Waals surface area contributed by atoms with E-state index in [9.17, 15) is 0 Å². The molecule has 0 fully saturated rings. The molecule has 4 heteroatoms. The molecular weight excluding hydrogens is 250 g/mol. The van der Waals surface area contributed by atoms with Crippen molar-refractivity contribution in [1.29, 1.82) is 0 Å². The van der Waals surface area contributed by atoms with Gasteiger partial charge in [0.15, 0.2) is 0 Å². The highest BCUT2D eigenvalue weighted by Crippen LogP contribution is 2.16. The van der Waals surface area contributed by atoms with Gasteiger partial charge in [-0.25, -0.2) is 4.98 Å². The first-order valence-electron chi connectivity index (χ1n) is 6.37. The van der Waals surface area contributed by atoms with Gasteiger partial charge in [0.1, 0.15) is 12.4 Å². The number of nitrogens with two attached hydrogens (primary N) is 1. The lowest BCUT2D eigenvalue weighted by molar-refractivity contribution is 0.306. The fourth-order valence-corrected chi connectivity index (χ4v) is 1.91. The maximum atomic E-state index is 5.70. The molecule has 0 unspecified atom stereocenters. The summed E-state index contributed by atoms with van der Waals surface area (Å²) in [4.78, 5) is 4.03. The number of benzene rings is 2. The average Bonchev–Trinajstić information content (AvgIpc) is 3.01. The number of imidazole rings is 1. The third-order valence-corrected chi connectivity index (χ3v) is 3.02. The Morgan fingerprint density at radius 1 is 1.00 bits per heavy atom. The fourth-order valence-electron chi connectivity index (χ4n) is 1.91. The zero-order valence-electron chi connectivity index (χ0n) is 10.9. The van der Waals surface area contributed by atoms with Crippen molar-refractivity contribution in [2.45, 2.75) is 6.61 Å². The molecule has 0 atom stereocenters. The molecule has 20 heavy (non-hydrogen) atoms. The fraction of sp³-hybridized carbons (Fsp3) is 0.0625. The maximum Gasteiger partial charge on any atom is 0.119 e. The van der Waals surface area contributed by atoms with Gasteiger partial charge >= 0.3 is 0 Å². The predicted molar refractivity (Wildman–Crippen MR) is 78.8 cm³/mol. The zero-order valence-corrected chi connectivity index (χ0v) is 10.9. The number of nitrogens with zero attached hydrogens (tertiary/aromatic N) is 2. The number of nitrogen functional groups attached to an aromatic ring is 1. The Morgan fingerprint density at radius 3 is 2.40 bits per heavy atom. The summed E-state index contributed by atoms with van der Waals surface area (Å²) in [6.07, 6.45) is 5.46. The molecule has 0 bridgehead atoms. The smallest absolute Gasteiger partial charge is 0.119 e. The summed E-state index contributed by atoms with van der Waals surface area (Å²) in [5.74, 6) is 0.817. The Kier molecular flexibility index (Phi) is 3.37. The second-order valence-corrected chi connectivity index (χ2v) is 4.49.